The Morgan fingerprint density at radius 2 is 2.00 bits per heavy atom. The fraction of sp³-hybridized carbons (Fsp3) is 0.143. The summed E-state index contributed by atoms with van der Waals surface area (Å²) in [4.78, 5) is 24.6. The zero-order chi connectivity index (χ0) is 21.6. The van der Waals surface area contributed by atoms with Crippen LogP contribution in [0.3, 0.4) is 0 Å². The lowest BCUT2D eigenvalue weighted by Gasteiger charge is -2.09. The van der Waals surface area contributed by atoms with Gasteiger partial charge in [0.2, 0.25) is 11.7 Å². The number of anilines is 1. The molecule has 158 valence electrons. The van der Waals surface area contributed by atoms with E-state index in [1.807, 2.05) is 41.0 Å². The van der Waals surface area contributed by atoms with Gasteiger partial charge in [-0.05, 0) is 29.1 Å². The Kier molecular flexibility index (Phi) is 6.48. The molecule has 0 aliphatic rings. The molecule has 0 aliphatic carbocycles. The average molecular weight is 455 g/mol. The standard InChI is InChI=1S/C21H18N4O4S2/c1-28-20(27)18-15(9-11-30-18)22-17(26)13-31-21-24-23-19(16-8-5-10-29-16)25(21)12-14-6-3-2-4-7-14/h2-11H,12-13H2,1H3,(H,22,26). The number of hydrogen-bond acceptors (Lipinski definition) is 8. The highest BCUT2D eigenvalue weighted by molar-refractivity contribution is 7.99. The number of rotatable bonds is 8. The predicted octanol–water partition coefficient (Wildman–Crippen LogP) is 4.17. The Balaban J connectivity index is 1.50. The molecule has 8 nitrogen and oxygen atoms in total. The van der Waals surface area contributed by atoms with E-state index in [-0.39, 0.29) is 11.7 Å². The highest BCUT2D eigenvalue weighted by Gasteiger charge is 2.19. The molecule has 4 aromatic rings. The number of benzene rings is 1. The van der Waals surface area contributed by atoms with Crippen molar-refractivity contribution in [1.82, 2.24) is 14.8 Å². The second-order valence-corrected chi connectivity index (χ2v) is 8.21. The lowest BCUT2D eigenvalue weighted by Crippen LogP contribution is -2.16. The second-order valence-electron chi connectivity index (χ2n) is 6.35. The van der Waals surface area contributed by atoms with Crippen LogP contribution in [0.1, 0.15) is 15.2 Å². The van der Waals surface area contributed by atoms with Crippen LogP contribution in [0.4, 0.5) is 5.69 Å². The van der Waals surface area contributed by atoms with Gasteiger partial charge in [-0.15, -0.1) is 21.5 Å². The highest BCUT2D eigenvalue weighted by Crippen LogP contribution is 2.27. The molecule has 31 heavy (non-hydrogen) atoms. The number of carbonyl (C=O) groups excluding carboxylic acids is 2. The number of thiophene rings is 1. The Hall–Kier alpha value is -3.37. The minimum absolute atomic E-state index is 0.0987. The van der Waals surface area contributed by atoms with Crippen LogP contribution >= 0.6 is 23.1 Å². The number of ether oxygens (including phenoxy) is 1. The van der Waals surface area contributed by atoms with Gasteiger partial charge in [0.25, 0.3) is 0 Å². The van der Waals surface area contributed by atoms with Crippen LogP contribution in [0.15, 0.2) is 69.7 Å². The van der Waals surface area contributed by atoms with Crippen LogP contribution in [0, 0.1) is 0 Å². The molecule has 0 bridgehead atoms. The number of nitrogens with one attached hydrogen (secondary N) is 1. The van der Waals surface area contributed by atoms with Crippen LogP contribution < -0.4 is 5.32 Å². The Labute approximate surface area is 186 Å². The largest absolute Gasteiger partial charge is 0.465 e. The zero-order valence-electron chi connectivity index (χ0n) is 16.5. The lowest BCUT2D eigenvalue weighted by molar-refractivity contribution is -0.113. The number of nitrogens with zero attached hydrogens (tertiary/aromatic N) is 3. The van der Waals surface area contributed by atoms with Gasteiger partial charge in [0, 0.05) is 0 Å². The maximum absolute atomic E-state index is 12.5. The molecule has 0 atom stereocenters. The van der Waals surface area contributed by atoms with Crippen molar-refractivity contribution in [3.8, 4) is 11.6 Å². The summed E-state index contributed by atoms with van der Waals surface area (Å²) < 4.78 is 12.2. The molecule has 1 N–H and O–H groups in total. The fourth-order valence-electron chi connectivity index (χ4n) is 2.87. The van der Waals surface area contributed by atoms with Gasteiger partial charge in [-0.1, -0.05) is 42.1 Å². The third-order valence-corrected chi connectivity index (χ3v) is 6.15. The van der Waals surface area contributed by atoms with Gasteiger partial charge in [-0.3, -0.25) is 9.36 Å². The first-order chi connectivity index (χ1) is 15.2. The summed E-state index contributed by atoms with van der Waals surface area (Å²) in [5, 5.41) is 13.6. The van der Waals surface area contributed by atoms with Crippen molar-refractivity contribution < 1.29 is 18.7 Å². The predicted molar refractivity (Wildman–Crippen MR) is 118 cm³/mol. The lowest BCUT2D eigenvalue weighted by atomic mass is 10.2. The molecule has 1 amide bonds. The van der Waals surface area contributed by atoms with Gasteiger partial charge < -0.3 is 14.5 Å². The van der Waals surface area contributed by atoms with Crippen LogP contribution in [-0.2, 0) is 16.1 Å². The van der Waals surface area contributed by atoms with Crippen molar-refractivity contribution in [1.29, 1.82) is 0 Å². The number of carbonyl (C=O) groups is 2. The third kappa shape index (κ3) is 4.86. The van der Waals surface area contributed by atoms with E-state index in [1.54, 1.807) is 23.8 Å². The quantitative estimate of drug-likeness (QED) is 0.315. The molecule has 0 saturated carbocycles. The summed E-state index contributed by atoms with van der Waals surface area (Å²) in [6.45, 7) is 0.533. The fourth-order valence-corrected chi connectivity index (χ4v) is 4.37. The molecule has 0 spiro atoms. The zero-order valence-corrected chi connectivity index (χ0v) is 18.1. The summed E-state index contributed by atoms with van der Waals surface area (Å²) in [5.41, 5.74) is 1.51. The Bertz CT molecular complexity index is 1170. The highest BCUT2D eigenvalue weighted by atomic mass is 32.2. The number of esters is 1. The van der Waals surface area contributed by atoms with Gasteiger partial charge in [0.1, 0.15) is 4.88 Å². The van der Waals surface area contributed by atoms with Crippen molar-refractivity contribution in [2.24, 2.45) is 0 Å². The monoisotopic (exact) mass is 454 g/mol. The van der Waals surface area contributed by atoms with Gasteiger partial charge in [-0.25, -0.2) is 4.79 Å². The summed E-state index contributed by atoms with van der Waals surface area (Å²) in [6, 6.07) is 15.2. The normalized spacial score (nSPS) is 10.7. The molecule has 0 aliphatic heterocycles. The van der Waals surface area contributed by atoms with E-state index in [2.05, 4.69) is 15.5 Å². The summed E-state index contributed by atoms with van der Waals surface area (Å²) in [5.74, 6) is 0.538. The second kappa shape index (κ2) is 9.63. The smallest absolute Gasteiger partial charge is 0.350 e. The van der Waals surface area contributed by atoms with Crippen molar-refractivity contribution in [2.45, 2.75) is 11.7 Å². The SMILES string of the molecule is COC(=O)c1sccc1NC(=O)CSc1nnc(-c2ccco2)n1Cc1ccccc1. The van der Waals surface area contributed by atoms with Crippen molar-refractivity contribution >= 4 is 40.7 Å². The van der Waals surface area contributed by atoms with Crippen LogP contribution in [0.25, 0.3) is 11.6 Å². The summed E-state index contributed by atoms with van der Waals surface area (Å²) in [6.07, 6.45) is 1.58. The first-order valence-electron chi connectivity index (χ1n) is 9.25. The number of aromatic nitrogens is 3. The van der Waals surface area contributed by atoms with E-state index in [1.165, 1.54) is 30.2 Å². The van der Waals surface area contributed by atoms with Gasteiger partial charge in [-0.2, -0.15) is 0 Å². The third-order valence-electron chi connectivity index (χ3n) is 4.28. The Morgan fingerprint density at radius 3 is 2.74 bits per heavy atom. The number of hydrogen-bond donors (Lipinski definition) is 1. The van der Waals surface area contributed by atoms with E-state index < -0.39 is 5.97 Å². The summed E-state index contributed by atoms with van der Waals surface area (Å²) >= 11 is 2.47. The number of thioether (sulfide) groups is 1. The molecule has 3 heterocycles. The van der Waals surface area contributed by atoms with Crippen LogP contribution in [0.5, 0.6) is 0 Å². The molecular formula is C21H18N4O4S2. The van der Waals surface area contributed by atoms with Gasteiger partial charge in [0.15, 0.2) is 10.9 Å². The topological polar surface area (TPSA) is 99.2 Å². The van der Waals surface area contributed by atoms with Crippen LogP contribution in [0.2, 0.25) is 0 Å². The molecule has 0 saturated heterocycles. The minimum Gasteiger partial charge on any atom is -0.465 e. The first kappa shape index (κ1) is 20.9. The van der Waals surface area contributed by atoms with E-state index in [0.717, 1.165) is 5.56 Å². The summed E-state index contributed by atoms with van der Waals surface area (Å²) in [7, 11) is 1.31. The molecule has 3 aromatic heterocycles. The van der Waals surface area contributed by atoms with E-state index in [9.17, 15) is 9.59 Å². The maximum Gasteiger partial charge on any atom is 0.350 e. The van der Waals surface area contributed by atoms with Crippen molar-refractivity contribution in [2.75, 3.05) is 18.2 Å². The van der Waals surface area contributed by atoms with E-state index in [4.69, 9.17) is 9.15 Å². The molecule has 1 aromatic carbocycles. The molecular weight excluding hydrogens is 436 g/mol. The number of furan rings is 1. The number of amides is 1. The number of methoxy groups -OCH3 is 1. The molecule has 10 heteroatoms. The van der Waals surface area contributed by atoms with E-state index in [0.29, 0.717) is 33.9 Å². The molecule has 4 rings (SSSR count). The molecule has 0 fully saturated rings. The Morgan fingerprint density at radius 1 is 1.16 bits per heavy atom. The minimum atomic E-state index is -0.483. The average Bonchev–Trinajstić information content (AvgIpc) is 3.54. The molecule has 0 unspecified atom stereocenters. The molecule has 0 radical (unpaired) electrons. The maximum atomic E-state index is 12.5. The van der Waals surface area contributed by atoms with E-state index >= 15 is 0 Å². The van der Waals surface area contributed by atoms with Crippen molar-refractivity contribution in [3.63, 3.8) is 0 Å². The van der Waals surface area contributed by atoms with Crippen molar-refractivity contribution in [3.05, 3.63) is 70.6 Å². The first-order valence-corrected chi connectivity index (χ1v) is 11.1. The van der Waals surface area contributed by atoms with Gasteiger partial charge >= 0.3 is 5.97 Å². The van der Waals surface area contributed by atoms with Gasteiger partial charge in [0.05, 0.1) is 31.4 Å². The van der Waals surface area contributed by atoms with Crippen LogP contribution in [-0.4, -0.2) is 39.5 Å².